The van der Waals surface area contributed by atoms with Crippen molar-refractivity contribution >= 4 is 11.6 Å². The minimum absolute atomic E-state index is 0.364. The Morgan fingerprint density at radius 3 is 2.65 bits per heavy atom. The molecule has 3 nitrogen and oxygen atoms in total. The van der Waals surface area contributed by atoms with Gasteiger partial charge in [-0.05, 0) is 55.3 Å². The number of pyridine rings is 2. The third-order valence-electron chi connectivity index (χ3n) is 4.95. The number of aromatic nitrogens is 2. The van der Waals surface area contributed by atoms with Crippen molar-refractivity contribution in [2.24, 2.45) is 0 Å². The third-order valence-corrected chi connectivity index (χ3v) is 5.32. The van der Waals surface area contributed by atoms with Gasteiger partial charge >= 0.3 is 0 Å². The Morgan fingerprint density at radius 1 is 0.962 bits per heavy atom. The molecule has 1 fully saturated rings. The Bertz CT molecular complexity index is 866. The summed E-state index contributed by atoms with van der Waals surface area (Å²) in [7, 11) is 0. The van der Waals surface area contributed by atoms with E-state index in [2.05, 4.69) is 46.3 Å². The van der Waals surface area contributed by atoms with E-state index in [1.54, 1.807) is 0 Å². The average Bonchev–Trinajstić information content (AvgIpc) is 3.13. The monoisotopic (exact) mass is 363 g/mol. The highest BCUT2D eigenvalue weighted by molar-refractivity contribution is 6.31. The van der Waals surface area contributed by atoms with E-state index in [4.69, 9.17) is 16.6 Å². The molecule has 26 heavy (non-hydrogen) atoms. The molecular weight excluding hydrogens is 342 g/mol. The summed E-state index contributed by atoms with van der Waals surface area (Å²) in [6.45, 7) is 1.97. The standard InChI is InChI=1S/C22H22ClN3/c23-20-10-2-1-7-17(20)15-18-9-5-11-21(25-18)22-12-6-14-26(22)16-19-8-3-4-13-24-19/h1-5,7-11,13,22H,6,12,14-16H2/t22-/m0/s1. The van der Waals surface area contributed by atoms with Crippen LogP contribution in [0.5, 0.6) is 0 Å². The van der Waals surface area contributed by atoms with Crippen LogP contribution in [0, 0.1) is 0 Å². The number of hydrogen-bond donors (Lipinski definition) is 0. The first-order valence-corrected chi connectivity index (χ1v) is 9.50. The molecule has 4 rings (SSSR count). The Hall–Kier alpha value is -2.23. The van der Waals surface area contributed by atoms with Gasteiger partial charge in [-0.2, -0.15) is 0 Å². The van der Waals surface area contributed by atoms with Gasteiger partial charge in [0, 0.05) is 29.9 Å². The topological polar surface area (TPSA) is 29.0 Å². The molecule has 0 radical (unpaired) electrons. The van der Waals surface area contributed by atoms with Crippen molar-refractivity contribution in [2.45, 2.75) is 31.8 Å². The average molecular weight is 364 g/mol. The molecule has 0 amide bonds. The Balaban J connectivity index is 1.53. The highest BCUT2D eigenvalue weighted by Gasteiger charge is 2.27. The zero-order chi connectivity index (χ0) is 17.8. The molecule has 0 saturated carbocycles. The van der Waals surface area contributed by atoms with E-state index in [-0.39, 0.29) is 0 Å². The summed E-state index contributed by atoms with van der Waals surface area (Å²) < 4.78 is 0. The molecule has 1 aliphatic heterocycles. The number of benzene rings is 1. The second-order valence-corrected chi connectivity index (χ2v) is 7.18. The fraction of sp³-hybridized carbons (Fsp3) is 0.273. The first kappa shape index (κ1) is 17.2. The van der Waals surface area contributed by atoms with E-state index in [9.17, 15) is 0 Å². The number of nitrogens with zero attached hydrogens (tertiary/aromatic N) is 3. The van der Waals surface area contributed by atoms with Gasteiger partial charge in [0.2, 0.25) is 0 Å². The van der Waals surface area contributed by atoms with Crippen LogP contribution in [-0.2, 0) is 13.0 Å². The first-order chi connectivity index (χ1) is 12.8. The van der Waals surface area contributed by atoms with Crippen LogP contribution in [0.25, 0.3) is 0 Å². The quantitative estimate of drug-likeness (QED) is 0.634. The summed E-state index contributed by atoms with van der Waals surface area (Å²) in [4.78, 5) is 11.9. The molecule has 1 aromatic carbocycles. The van der Waals surface area contributed by atoms with Crippen molar-refractivity contribution in [1.29, 1.82) is 0 Å². The van der Waals surface area contributed by atoms with E-state index >= 15 is 0 Å². The van der Waals surface area contributed by atoms with E-state index < -0.39 is 0 Å². The van der Waals surface area contributed by atoms with Crippen molar-refractivity contribution in [1.82, 2.24) is 14.9 Å². The molecule has 0 bridgehead atoms. The molecule has 0 unspecified atom stereocenters. The summed E-state index contributed by atoms with van der Waals surface area (Å²) in [5.41, 5.74) is 4.46. The number of rotatable bonds is 5. The second-order valence-electron chi connectivity index (χ2n) is 6.77. The SMILES string of the molecule is Clc1ccccc1Cc1cccc([C@@H]2CCCN2Cc2ccccn2)n1. The van der Waals surface area contributed by atoms with Crippen molar-refractivity contribution in [3.8, 4) is 0 Å². The lowest BCUT2D eigenvalue weighted by Gasteiger charge is -2.24. The molecule has 3 heterocycles. The molecule has 3 aromatic rings. The molecule has 2 aromatic heterocycles. The van der Waals surface area contributed by atoms with Crippen LogP contribution < -0.4 is 0 Å². The van der Waals surface area contributed by atoms with Crippen LogP contribution in [0.1, 0.15) is 41.5 Å². The van der Waals surface area contributed by atoms with Gasteiger partial charge < -0.3 is 0 Å². The van der Waals surface area contributed by atoms with Crippen molar-refractivity contribution in [2.75, 3.05) is 6.54 Å². The molecular formula is C22H22ClN3. The fourth-order valence-electron chi connectivity index (χ4n) is 3.67. The van der Waals surface area contributed by atoms with Crippen LogP contribution in [0.3, 0.4) is 0 Å². The minimum atomic E-state index is 0.364. The maximum Gasteiger partial charge on any atom is 0.0579 e. The lowest BCUT2D eigenvalue weighted by atomic mass is 10.1. The van der Waals surface area contributed by atoms with Gasteiger partial charge in [-0.1, -0.05) is 41.9 Å². The number of hydrogen-bond acceptors (Lipinski definition) is 3. The first-order valence-electron chi connectivity index (χ1n) is 9.13. The summed E-state index contributed by atoms with van der Waals surface area (Å²) in [5.74, 6) is 0. The smallest absolute Gasteiger partial charge is 0.0579 e. The molecule has 0 aliphatic carbocycles. The molecule has 0 N–H and O–H groups in total. The second kappa shape index (κ2) is 7.98. The van der Waals surface area contributed by atoms with Crippen molar-refractivity contribution < 1.29 is 0 Å². The molecule has 1 atom stereocenters. The lowest BCUT2D eigenvalue weighted by molar-refractivity contribution is 0.241. The van der Waals surface area contributed by atoms with Gasteiger partial charge in [0.15, 0.2) is 0 Å². The summed E-state index contributed by atoms with van der Waals surface area (Å²) in [6, 6.07) is 20.8. The predicted octanol–water partition coefficient (Wildman–Crippen LogP) is 5.06. The van der Waals surface area contributed by atoms with Gasteiger partial charge in [-0.25, -0.2) is 0 Å². The van der Waals surface area contributed by atoms with Gasteiger partial charge in [-0.15, -0.1) is 0 Å². The van der Waals surface area contributed by atoms with Gasteiger partial charge in [0.05, 0.1) is 17.4 Å². The maximum absolute atomic E-state index is 6.31. The van der Waals surface area contributed by atoms with E-state index in [0.717, 1.165) is 53.6 Å². The van der Waals surface area contributed by atoms with Crippen LogP contribution in [0.2, 0.25) is 5.02 Å². The predicted molar refractivity (Wildman–Crippen MR) is 105 cm³/mol. The molecule has 4 heteroatoms. The normalized spacial score (nSPS) is 17.5. The van der Waals surface area contributed by atoms with Crippen LogP contribution in [-0.4, -0.2) is 21.4 Å². The van der Waals surface area contributed by atoms with E-state index in [0.29, 0.717) is 6.04 Å². The Kier molecular flexibility index (Phi) is 5.28. The lowest BCUT2D eigenvalue weighted by Crippen LogP contribution is -2.24. The maximum atomic E-state index is 6.31. The molecule has 0 spiro atoms. The van der Waals surface area contributed by atoms with Crippen LogP contribution in [0.15, 0.2) is 66.9 Å². The Labute approximate surface area is 159 Å². The largest absolute Gasteiger partial charge is 0.289 e. The molecule has 1 saturated heterocycles. The highest BCUT2D eigenvalue weighted by atomic mass is 35.5. The van der Waals surface area contributed by atoms with E-state index in [1.165, 1.54) is 6.42 Å². The summed E-state index contributed by atoms with van der Waals surface area (Å²) in [5, 5.41) is 0.803. The summed E-state index contributed by atoms with van der Waals surface area (Å²) >= 11 is 6.31. The van der Waals surface area contributed by atoms with Gasteiger partial charge in [0.1, 0.15) is 0 Å². The van der Waals surface area contributed by atoms with Crippen LogP contribution in [0.4, 0.5) is 0 Å². The van der Waals surface area contributed by atoms with Gasteiger partial charge in [-0.3, -0.25) is 14.9 Å². The zero-order valence-corrected chi connectivity index (χ0v) is 15.4. The third kappa shape index (κ3) is 3.95. The molecule has 1 aliphatic rings. The van der Waals surface area contributed by atoms with Crippen LogP contribution >= 0.6 is 11.6 Å². The van der Waals surface area contributed by atoms with Crippen molar-refractivity contribution in [3.05, 3.63) is 94.5 Å². The highest BCUT2D eigenvalue weighted by Crippen LogP contribution is 2.32. The molecule has 132 valence electrons. The fourth-order valence-corrected chi connectivity index (χ4v) is 3.87. The summed E-state index contributed by atoms with van der Waals surface area (Å²) in [6.07, 6.45) is 4.98. The number of halogens is 1. The minimum Gasteiger partial charge on any atom is -0.289 e. The van der Waals surface area contributed by atoms with Gasteiger partial charge in [0.25, 0.3) is 0 Å². The number of likely N-dealkylation sites (tertiary alicyclic amines) is 1. The zero-order valence-electron chi connectivity index (χ0n) is 14.7. The van der Waals surface area contributed by atoms with E-state index in [1.807, 2.05) is 30.5 Å². The Morgan fingerprint density at radius 2 is 1.81 bits per heavy atom. The van der Waals surface area contributed by atoms with Crippen molar-refractivity contribution in [3.63, 3.8) is 0 Å².